The van der Waals surface area contributed by atoms with Gasteiger partial charge in [-0.1, -0.05) is 105 Å². The van der Waals surface area contributed by atoms with Gasteiger partial charge < -0.3 is 0 Å². The van der Waals surface area contributed by atoms with Crippen molar-refractivity contribution in [3.8, 4) is 0 Å². The van der Waals surface area contributed by atoms with Gasteiger partial charge in [-0.15, -0.1) is 8.58 Å². The molecule has 1 saturated carbocycles. The molecule has 1 fully saturated rings. The van der Waals surface area contributed by atoms with E-state index in [-0.39, 0.29) is 0 Å². The Balaban J connectivity index is 1.59. The molecule has 27 heavy (non-hydrogen) atoms. The third-order valence-electron chi connectivity index (χ3n) is 5.86. The van der Waals surface area contributed by atoms with Gasteiger partial charge in [0.05, 0.1) is 0 Å². The van der Waals surface area contributed by atoms with Gasteiger partial charge in [-0.2, -0.15) is 0 Å². The van der Waals surface area contributed by atoms with Gasteiger partial charge in [0, 0.05) is 5.92 Å². The summed E-state index contributed by atoms with van der Waals surface area (Å²) in [5.74, 6) is 0.608. The molecule has 0 saturated heterocycles. The summed E-state index contributed by atoms with van der Waals surface area (Å²) in [6.07, 6.45) is 14.5. The molecule has 0 aliphatic heterocycles. The molecule has 140 valence electrons. The van der Waals surface area contributed by atoms with Crippen molar-refractivity contribution in [2.75, 3.05) is 0 Å². The lowest BCUT2D eigenvalue weighted by atomic mass is 10.0. The van der Waals surface area contributed by atoms with Crippen molar-refractivity contribution >= 4 is 27.1 Å². The Morgan fingerprint density at radius 1 is 0.852 bits per heavy atom. The Hall–Kier alpha value is -1.22. The van der Waals surface area contributed by atoms with Crippen LogP contribution in [-0.4, -0.2) is 11.3 Å². The second-order valence-electron chi connectivity index (χ2n) is 7.80. The van der Waals surface area contributed by atoms with Gasteiger partial charge in [0.1, 0.15) is 0 Å². The molecule has 0 nitrogen and oxygen atoms in total. The van der Waals surface area contributed by atoms with Gasteiger partial charge in [0.15, 0.2) is 0 Å². The van der Waals surface area contributed by atoms with Gasteiger partial charge in [0.2, 0.25) is 0 Å². The molecule has 2 unspecified atom stereocenters. The van der Waals surface area contributed by atoms with Gasteiger partial charge in [-0.05, 0) is 48.0 Å². The summed E-state index contributed by atoms with van der Waals surface area (Å²) in [7, 11) is 0.658. The Labute approximate surface area is 167 Å². The van der Waals surface area contributed by atoms with Gasteiger partial charge in [-0.3, -0.25) is 0 Å². The Kier molecular flexibility index (Phi) is 6.60. The highest BCUT2D eigenvalue weighted by atomic mass is 31.1. The van der Waals surface area contributed by atoms with Crippen LogP contribution in [0.5, 0.6) is 0 Å². The highest BCUT2D eigenvalue weighted by molar-refractivity contribution is 7.76. The van der Waals surface area contributed by atoms with Crippen LogP contribution >= 0.6 is 16.5 Å². The monoisotopic (exact) mass is 392 g/mol. The zero-order valence-electron chi connectivity index (χ0n) is 16.2. The second-order valence-corrected chi connectivity index (χ2v) is 12.1. The molecule has 2 heteroatoms. The van der Waals surface area contributed by atoms with E-state index < -0.39 is 7.92 Å². The van der Waals surface area contributed by atoms with Crippen LogP contribution in [0, 0.1) is 5.92 Å². The quantitative estimate of drug-likeness (QED) is 0.487. The zero-order valence-corrected chi connectivity index (χ0v) is 18.1. The summed E-state index contributed by atoms with van der Waals surface area (Å²) in [4.78, 5) is 0. The van der Waals surface area contributed by atoms with Crippen molar-refractivity contribution in [2.45, 2.75) is 50.3 Å². The number of allylic oxidation sites excluding steroid dienone is 4. The van der Waals surface area contributed by atoms with Crippen LogP contribution in [0.1, 0.15) is 39.0 Å². The van der Waals surface area contributed by atoms with Crippen molar-refractivity contribution in [1.29, 1.82) is 0 Å². The van der Waals surface area contributed by atoms with Crippen LogP contribution in [0.3, 0.4) is 0 Å². The maximum absolute atomic E-state index is 2.50. The summed E-state index contributed by atoms with van der Waals surface area (Å²) in [5.41, 5.74) is 1.74. The van der Waals surface area contributed by atoms with E-state index in [2.05, 4.69) is 85.8 Å². The summed E-state index contributed by atoms with van der Waals surface area (Å²) < 4.78 is 0. The van der Waals surface area contributed by atoms with Crippen LogP contribution in [0.25, 0.3) is 0 Å². The highest BCUT2D eigenvalue weighted by Crippen LogP contribution is 2.53. The van der Waals surface area contributed by atoms with Crippen molar-refractivity contribution in [1.82, 2.24) is 0 Å². The fraction of sp³-hybridized carbons (Fsp3) is 0.360. The molecular weight excluding hydrogens is 362 g/mol. The molecule has 2 aliphatic rings. The van der Waals surface area contributed by atoms with Crippen molar-refractivity contribution in [3.63, 3.8) is 0 Å². The predicted molar refractivity (Wildman–Crippen MR) is 124 cm³/mol. The van der Waals surface area contributed by atoms with Crippen LogP contribution in [0.2, 0.25) is 0 Å². The minimum atomic E-state index is -0.444. The van der Waals surface area contributed by atoms with E-state index in [9.17, 15) is 0 Å². The van der Waals surface area contributed by atoms with Crippen molar-refractivity contribution in [3.05, 3.63) is 84.2 Å². The topological polar surface area (TPSA) is 0 Å². The van der Waals surface area contributed by atoms with E-state index in [0.717, 1.165) is 19.9 Å². The fourth-order valence-corrected chi connectivity index (χ4v) is 9.28. The average Bonchev–Trinajstić information content (AvgIpc) is 3.20. The van der Waals surface area contributed by atoms with Crippen LogP contribution in [-0.2, 0) is 0 Å². The predicted octanol–water partition coefficient (Wildman–Crippen LogP) is 6.59. The largest absolute Gasteiger partial charge is 0.115 e. The van der Waals surface area contributed by atoms with Crippen LogP contribution < -0.4 is 10.6 Å². The fourth-order valence-electron chi connectivity index (χ4n) is 4.48. The van der Waals surface area contributed by atoms with Crippen molar-refractivity contribution < 1.29 is 0 Å². The minimum absolute atomic E-state index is 0.444. The molecule has 2 aromatic rings. The summed E-state index contributed by atoms with van der Waals surface area (Å²) >= 11 is 0. The Morgan fingerprint density at radius 2 is 1.44 bits per heavy atom. The normalized spacial score (nSPS) is 21.9. The lowest BCUT2D eigenvalue weighted by Crippen LogP contribution is -2.21. The molecule has 2 aromatic carbocycles. The number of hydrogen-bond donors (Lipinski definition) is 0. The smallest absolute Gasteiger partial charge is 0.00944 e. The molecule has 0 N–H and O–H groups in total. The van der Waals surface area contributed by atoms with E-state index in [4.69, 9.17) is 0 Å². The average molecular weight is 392 g/mol. The molecule has 0 aromatic heterocycles. The van der Waals surface area contributed by atoms with E-state index in [0.29, 0.717) is 5.92 Å². The molecule has 0 spiro atoms. The number of hydrogen-bond acceptors (Lipinski definition) is 0. The van der Waals surface area contributed by atoms with Crippen LogP contribution in [0.4, 0.5) is 0 Å². The van der Waals surface area contributed by atoms with Crippen LogP contribution in [0.15, 0.2) is 84.2 Å². The lowest BCUT2D eigenvalue weighted by molar-refractivity contribution is 0.510. The Bertz CT molecular complexity index is 733. The van der Waals surface area contributed by atoms with E-state index in [1.807, 2.05) is 0 Å². The van der Waals surface area contributed by atoms with Gasteiger partial charge >= 0.3 is 0 Å². The van der Waals surface area contributed by atoms with Crippen molar-refractivity contribution in [2.24, 2.45) is 5.92 Å². The zero-order chi connectivity index (χ0) is 18.5. The SMILES string of the molecule is C[C@@H](PC1CCCCC1)C1C=CC=C1P(c1ccccc1)c1ccccc1. The maximum atomic E-state index is 2.50. The molecule has 0 radical (unpaired) electrons. The minimum Gasteiger partial charge on any atom is -0.115 e. The molecule has 2 aliphatic carbocycles. The molecular formula is C25H30P2. The number of rotatable bonds is 6. The maximum Gasteiger partial charge on any atom is 0.00944 e. The Morgan fingerprint density at radius 3 is 2.04 bits per heavy atom. The summed E-state index contributed by atoms with van der Waals surface area (Å²) in [5, 5.41) is 4.61. The summed E-state index contributed by atoms with van der Waals surface area (Å²) in [6, 6.07) is 22.3. The third-order valence-corrected chi connectivity index (χ3v) is 10.4. The summed E-state index contributed by atoms with van der Waals surface area (Å²) in [6.45, 7) is 2.50. The third kappa shape index (κ3) is 4.62. The van der Waals surface area contributed by atoms with Gasteiger partial charge in [-0.25, -0.2) is 0 Å². The van der Waals surface area contributed by atoms with E-state index in [1.165, 1.54) is 42.7 Å². The lowest BCUT2D eigenvalue weighted by Gasteiger charge is -2.32. The van der Waals surface area contributed by atoms with E-state index >= 15 is 0 Å². The van der Waals surface area contributed by atoms with Gasteiger partial charge in [0.25, 0.3) is 0 Å². The molecule has 0 heterocycles. The first-order valence-corrected chi connectivity index (χ1v) is 12.9. The first-order valence-electron chi connectivity index (χ1n) is 10.4. The van der Waals surface area contributed by atoms with E-state index in [1.54, 1.807) is 5.31 Å². The molecule has 0 bridgehead atoms. The molecule has 3 atom stereocenters. The molecule has 0 amide bonds. The number of benzene rings is 2. The second kappa shape index (κ2) is 9.32. The standard InChI is InChI=1S/C25H30P2/c1-20(26-21-12-5-2-6-13-21)24-18-11-19-25(24)27(22-14-7-3-8-15-22)23-16-9-4-10-17-23/h3-4,7-11,14-21,24,26H,2,5-6,12-13H2,1H3/t20-,24?/m1/s1. The highest BCUT2D eigenvalue weighted by Gasteiger charge is 2.30. The molecule has 4 rings (SSSR count). The first kappa shape index (κ1) is 19.1. The first-order chi connectivity index (χ1) is 13.3.